The van der Waals surface area contributed by atoms with E-state index in [0.717, 1.165) is 16.1 Å². The summed E-state index contributed by atoms with van der Waals surface area (Å²) in [4.78, 5) is 12.8. The van der Waals surface area contributed by atoms with Gasteiger partial charge < -0.3 is 24.3 Å². The maximum absolute atomic E-state index is 12.8. The van der Waals surface area contributed by atoms with Gasteiger partial charge in [0, 0.05) is 6.07 Å². The molecule has 9 nitrogen and oxygen atoms in total. The first-order chi connectivity index (χ1) is 15.2. The number of carbonyl (C=O) groups is 1. The van der Waals surface area contributed by atoms with Crippen LogP contribution in [0.5, 0.6) is 23.0 Å². The second kappa shape index (κ2) is 10.9. The van der Waals surface area contributed by atoms with Crippen LogP contribution in [0.25, 0.3) is 0 Å². The molecule has 0 heterocycles. The molecule has 1 atom stereocenters. The number of nitrogens with zero attached hydrogens (tertiary/aromatic N) is 1. The standard InChI is InChI=1S/C22H30N2O7S/c1-7-17(15-8-10-18(28-2)20(12-15)30-4)23-22(25)14-24(32(6,26)27)16-9-11-19(29-3)21(13-16)31-5/h8-13,17H,7,14H2,1-6H3,(H,23,25). The molecule has 1 N–H and O–H groups in total. The Bertz CT molecular complexity index is 1040. The Morgan fingerprint density at radius 1 is 0.906 bits per heavy atom. The van der Waals surface area contributed by atoms with Crippen LogP contribution in [-0.4, -0.2) is 55.6 Å². The molecule has 0 aliphatic heterocycles. The number of carbonyl (C=O) groups excluding carboxylic acids is 1. The molecule has 2 aromatic carbocycles. The summed E-state index contributed by atoms with van der Waals surface area (Å²) in [5.41, 5.74) is 1.11. The second-order valence-corrected chi connectivity index (χ2v) is 8.86. The van der Waals surface area contributed by atoms with Crippen LogP contribution in [0.1, 0.15) is 24.9 Å². The van der Waals surface area contributed by atoms with Crippen LogP contribution in [0.15, 0.2) is 36.4 Å². The number of ether oxygens (including phenoxy) is 4. The molecule has 0 saturated carbocycles. The summed E-state index contributed by atoms with van der Waals surface area (Å²) in [6, 6.07) is 9.70. The van der Waals surface area contributed by atoms with E-state index in [1.165, 1.54) is 27.4 Å². The van der Waals surface area contributed by atoms with Crippen molar-refractivity contribution in [2.45, 2.75) is 19.4 Å². The van der Waals surface area contributed by atoms with Gasteiger partial charge in [0.15, 0.2) is 23.0 Å². The maximum atomic E-state index is 12.8. The Labute approximate surface area is 189 Å². The summed E-state index contributed by atoms with van der Waals surface area (Å²) >= 11 is 0. The van der Waals surface area contributed by atoms with Gasteiger partial charge in [-0.15, -0.1) is 0 Å². The first-order valence-electron chi connectivity index (χ1n) is 9.89. The summed E-state index contributed by atoms with van der Waals surface area (Å²) in [7, 11) is 2.27. The SMILES string of the molecule is CCC(NC(=O)CN(c1ccc(OC)c(OC)c1)S(C)(=O)=O)c1ccc(OC)c(OC)c1. The lowest BCUT2D eigenvalue weighted by atomic mass is 10.0. The number of sulfonamides is 1. The average molecular weight is 467 g/mol. The van der Waals surface area contributed by atoms with Gasteiger partial charge in [0.2, 0.25) is 15.9 Å². The number of benzene rings is 2. The van der Waals surface area contributed by atoms with Crippen molar-refractivity contribution in [3.05, 3.63) is 42.0 Å². The molecular formula is C22H30N2O7S. The number of hydrogen-bond donors (Lipinski definition) is 1. The minimum Gasteiger partial charge on any atom is -0.493 e. The Morgan fingerprint density at radius 3 is 1.94 bits per heavy atom. The average Bonchev–Trinajstić information content (AvgIpc) is 2.79. The number of anilines is 1. The Morgan fingerprint density at radius 2 is 1.44 bits per heavy atom. The lowest BCUT2D eigenvalue weighted by Crippen LogP contribution is -2.41. The monoisotopic (exact) mass is 466 g/mol. The number of nitrogens with one attached hydrogen (secondary N) is 1. The molecule has 1 amide bonds. The van der Waals surface area contributed by atoms with E-state index in [1.807, 2.05) is 13.0 Å². The minimum atomic E-state index is -3.74. The van der Waals surface area contributed by atoms with Crippen LogP contribution < -0.4 is 28.6 Å². The second-order valence-electron chi connectivity index (χ2n) is 6.95. The molecular weight excluding hydrogens is 436 g/mol. The number of amides is 1. The van der Waals surface area contributed by atoms with E-state index in [0.29, 0.717) is 35.1 Å². The first kappa shape index (κ1) is 25.1. The molecule has 0 bridgehead atoms. The Kier molecular flexibility index (Phi) is 8.59. The fraction of sp³-hybridized carbons (Fsp3) is 0.409. The Hall–Kier alpha value is -3.14. The van der Waals surface area contributed by atoms with Gasteiger partial charge in [0.05, 0.1) is 46.4 Å². The molecule has 176 valence electrons. The first-order valence-corrected chi connectivity index (χ1v) is 11.7. The van der Waals surface area contributed by atoms with Gasteiger partial charge in [-0.1, -0.05) is 13.0 Å². The maximum Gasteiger partial charge on any atom is 0.241 e. The van der Waals surface area contributed by atoms with E-state index in [9.17, 15) is 13.2 Å². The van der Waals surface area contributed by atoms with Crippen LogP contribution in [0, 0.1) is 0 Å². The third-order valence-electron chi connectivity index (χ3n) is 4.90. The largest absolute Gasteiger partial charge is 0.493 e. The molecule has 2 aromatic rings. The summed E-state index contributed by atoms with van der Waals surface area (Å²) in [5, 5.41) is 2.90. The van der Waals surface area contributed by atoms with Crippen molar-refractivity contribution in [3.63, 3.8) is 0 Å². The highest BCUT2D eigenvalue weighted by atomic mass is 32.2. The van der Waals surface area contributed by atoms with Gasteiger partial charge in [-0.2, -0.15) is 0 Å². The fourth-order valence-electron chi connectivity index (χ4n) is 3.24. The van der Waals surface area contributed by atoms with E-state index in [1.54, 1.807) is 31.4 Å². The lowest BCUT2D eigenvalue weighted by molar-refractivity contribution is -0.120. The molecule has 2 rings (SSSR count). The third kappa shape index (κ3) is 5.97. The van der Waals surface area contributed by atoms with Crippen LogP contribution in [0.4, 0.5) is 5.69 Å². The minimum absolute atomic E-state index is 0.291. The Balaban J connectivity index is 2.27. The highest BCUT2D eigenvalue weighted by Crippen LogP contribution is 2.33. The molecule has 0 radical (unpaired) electrons. The number of hydrogen-bond acceptors (Lipinski definition) is 7. The smallest absolute Gasteiger partial charge is 0.241 e. The van der Waals surface area contributed by atoms with E-state index in [-0.39, 0.29) is 6.04 Å². The summed E-state index contributed by atoms with van der Waals surface area (Å²) in [6.07, 6.45) is 1.64. The van der Waals surface area contributed by atoms with Crippen molar-refractivity contribution in [3.8, 4) is 23.0 Å². The van der Waals surface area contributed by atoms with E-state index >= 15 is 0 Å². The zero-order chi connectivity index (χ0) is 23.9. The van der Waals surface area contributed by atoms with Gasteiger partial charge in [0.25, 0.3) is 0 Å². The molecule has 0 fully saturated rings. The van der Waals surface area contributed by atoms with E-state index in [4.69, 9.17) is 18.9 Å². The van der Waals surface area contributed by atoms with Crippen LogP contribution >= 0.6 is 0 Å². The van der Waals surface area contributed by atoms with Gasteiger partial charge in [-0.05, 0) is 36.2 Å². The predicted octanol–water partition coefficient (Wildman–Crippen LogP) is 2.75. The number of methoxy groups -OCH3 is 4. The molecule has 0 aliphatic rings. The molecule has 10 heteroatoms. The highest BCUT2D eigenvalue weighted by molar-refractivity contribution is 7.92. The van der Waals surface area contributed by atoms with Crippen molar-refractivity contribution < 1.29 is 32.2 Å². The van der Waals surface area contributed by atoms with Crippen molar-refractivity contribution >= 4 is 21.6 Å². The molecule has 0 spiro atoms. The van der Waals surface area contributed by atoms with Crippen molar-refractivity contribution in [1.82, 2.24) is 5.32 Å². The molecule has 1 unspecified atom stereocenters. The third-order valence-corrected chi connectivity index (χ3v) is 6.04. The molecule has 0 saturated heterocycles. The highest BCUT2D eigenvalue weighted by Gasteiger charge is 2.24. The summed E-state index contributed by atoms with van der Waals surface area (Å²) in [5.74, 6) is 1.48. The van der Waals surface area contributed by atoms with Crippen molar-refractivity contribution in [1.29, 1.82) is 0 Å². The van der Waals surface area contributed by atoms with Crippen LogP contribution in [0.2, 0.25) is 0 Å². The lowest BCUT2D eigenvalue weighted by Gasteiger charge is -2.25. The zero-order valence-electron chi connectivity index (χ0n) is 19.2. The van der Waals surface area contributed by atoms with Gasteiger partial charge >= 0.3 is 0 Å². The quantitative estimate of drug-likeness (QED) is 0.543. The van der Waals surface area contributed by atoms with Gasteiger partial charge in [-0.3, -0.25) is 9.10 Å². The predicted molar refractivity (Wildman–Crippen MR) is 122 cm³/mol. The molecule has 0 aliphatic carbocycles. The zero-order valence-corrected chi connectivity index (χ0v) is 20.0. The van der Waals surface area contributed by atoms with Crippen molar-refractivity contribution in [2.75, 3.05) is 45.5 Å². The summed E-state index contributed by atoms with van der Waals surface area (Å²) in [6.45, 7) is 1.53. The topological polar surface area (TPSA) is 103 Å². The van der Waals surface area contributed by atoms with Crippen LogP contribution in [0.3, 0.4) is 0 Å². The summed E-state index contributed by atoms with van der Waals surface area (Å²) < 4.78 is 47.0. The van der Waals surface area contributed by atoms with Gasteiger partial charge in [0.1, 0.15) is 6.54 Å². The van der Waals surface area contributed by atoms with E-state index in [2.05, 4.69) is 5.32 Å². The van der Waals surface area contributed by atoms with E-state index < -0.39 is 22.5 Å². The normalized spacial score (nSPS) is 11.9. The number of rotatable bonds is 11. The van der Waals surface area contributed by atoms with Crippen molar-refractivity contribution in [2.24, 2.45) is 0 Å². The fourth-order valence-corrected chi connectivity index (χ4v) is 4.09. The van der Waals surface area contributed by atoms with Crippen LogP contribution in [-0.2, 0) is 14.8 Å². The molecule has 0 aromatic heterocycles. The van der Waals surface area contributed by atoms with Gasteiger partial charge in [-0.25, -0.2) is 8.42 Å². The molecule has 32 heavy (non-hydrogen) atoms.